The molecular weight excluding hydrogens is 444 g/mol. The zero-order valence-corrected chi connectivity index (χ0v) is 20.7. The van der Waals surface area contributed by atoms with Crippen LogP contribution in [0.5, 0.6) is 0 Å². The third-order valence-corrected chi connectivity index (χ3v) is 7.95. The van der Waals surface area contributed by atoms with Crippen molar-refractivity contribution in [2.24, 2.45) is 0 Å². The van der Waals surface area contributed by atoms with Gasteiger partial charge < -0.3 is 4.40 Å². The predicted octanol–water partition coefficient (Wildman–Crippen LogP) is 4.36. The van der Waals surface area contributed by atoms with Gasteiger partial charge in [-0.2, -0.15) is 4.31 Å². The van der Waals surface area contributed by atoms with Gasteiger partial charge in [0.2, 0.25) is 10.0 Å². The first-order chi connectivity index (χ1) is 16.3. The van der Waals surface area contributed by atoms with E-state index in [0.29, 0.717) is 32.7 Å². The Morgan fingerprint density at radius 1 is 0.882 bits per heavy atom. The normalized spacial score (nSPS) is 15.7. The van der Waals surface area contributed by atoms with Crippen molar-refractivity contribution >= 4 is 15.7 Å². The van der Waals surface area contributed by atoms with Crippen LogP contribution in [0.2, 0.25) is 0 Å². The zero-order valence-electron chi connectivity index (χ0n) is 19.9. The summed E-state index contributed by atoms with van der Waals surface area (Å²) in [7, 11) is -3.15. The number of hydrogen-bond donors (Lipinski definition) is 0. The van der Waals surface area contributed by atoms with Gasteiger partial charge >= 0.3 is 0 Å². The first-order valence-corrected chi connectivity index (χ1v) is 13.5. The molecular formula is C27H30N4O2S. The molecule has 0 radical (unpaired) electrons. The molecule has 6 nitrogen and oxygen atoms in total. The number of sulfonamides is 1. The molecule has 7 heteroatoms. The Kier molecular flexibility index (Phi) is 6.02. The summed E-state index contributed by atoms with van der Waals surface area (Å²) in [6.07, 6.45) is 3.48. The lowest BCUT2D eigenvalue weighted by Gasteiger charge is -2.33. The highest BCUT2D eigenvalue weighted by atomic mass is 32.2. The third kappa shape index (κ3) is 4.51. The van der Waals surface area contributed by atoms with Crippen LogP contribution in [-0.4, -0.2) is 59.4 Å². The number of fused-ring (bicyclic) bond motifs is 1. The summed E-state index contributed by atoms with van der Waals surface area (Å²) in [4.78, 5) is 7.33. The standard InChI is InChI=1S/C27H30N4O2S/c1-20-9-10-21(2)24(17-20)23-11-12-26-28-27(22-7-5-4-6-8-22)25(31(26)18-23)19-29-13-15-30(16-14-29)34(3,32)33/h4-12,17-18H,13-16,19H2,1-3H3. The molecule has 0 atom stereocenters. The molecule has 2 aromatic heterocycles. The molecule has 0 amide bonds. The lowest BCUT2D eigenvalue weighted by molar-refractivity contribution is 0.180. The van der Waals surface area contributed by atoms with E-state index in [1.165, 1.54) is 22.9 Å². The van der Waals surface area contributed by atoms with Crippen molar-refractivity contribution in [3.8, 4) is 22.4 Å². The van der Waals surface area contributed by atoms with E-state index in [9.17, 15) is 8.42 Å². The maximum absolute atomic E-state index is 11.9. The molecule has 34 heavy (non-hydrogen) atoms. The lowest BCUT2D eigenvalue weighted by Crippen LogP contribution is -2.47. The van der Waals surface area contributed by atoms with Crippen molar-refractivity contribution < 1.29 is 8.42 Å². The van der Waals surface area contributed by atoms with E-state index < -0.39 is 10.0 Å². The average Bonchev–Trinajstić information content (AvgIpc) is 3.18. The number of nitrogens with zero attached hydrogens (tertiary/aromatic N) is 4. The van der Waals surface area contributed by atoms with Gasteiger partial charge in [0.25, 0.3) is 0 Å². The number of piperazine rings is 1. The van der Waals surface area contributed by atoms with Gasteiger partial charge in [-0.3, -0.25) is 4.90 Å². The van der Waals surface area contributed by atoms with Gasteiger partial charge in [0.05, 0.1) is 17.6 Å². The van der Waals surface area contributed by atoms with Crippen LogP contribution in [0.25, 0.3) is 28.0 Å². The van der Waals surface area contributed by atoms with Crippen molar-refractivity contribution in [2.75, 3.05) is 32.4 Å². The minimum atomic E-state index is -3.15. The van der Waals surface area contributed by atoms with Crippen molar-refractivity contribution in [2.45, 2.75) is 20.4 Å². The summed E-state index contributed by atoms with van der Waals surface area (Å²) in [6.45, 7) is 7.40. The van der Waals surface area contributed by atoms with E-state index in [0.717, 1.165) is 28.2 Å². The van der Waals surface area contributed by atoms with Crippen LogP contribution in [0, 0.1) is 13.8 Å². The number of hydrogen-bond acceptors (Lipinski definition) is 4. The van der Waals surface area contributed by atoms with Gasteiger partial charge in [0.15, 0.2) is 0 Å². The van der Waals surface area contributed by atoms with Gasteiger partial charge in [0.1, 0.15) is 5.65 Å². The molecule has 2 aromatic carbocycles. The molecule has 5 rings (SSSR count). The largest absolute Gasteiger partial charge is 0.301 e. The molecule has 1 aliphatic heterocycles. The van der Waals surface area contributed by atoms with Crippen molar-refractivity contribution in [1.29, 1.82) is 0 Å². The Morgan fingerprint density at radius 2 is 1.62 bits per heavy atom. The fourth-order valence-corrected chi connectivity index (χ4v) is 5.54. The van der Waals surface area contributed by atoms with Gasteiger partial charge in [0, 0.05) is 44.5 Å². The van der Waals surface area contributed by atoms with E-state index in [4.69, 9.17) is 4.98 Å². The molecule has 0 saturated carbocycles. The second-order valence-corrected chi connectivity index (χ2v) is 11.2. The van der Waals surface area contributed by atoms with Crippen LogP contribution in [0.3, 0.4) is 0 Å². The Morgan fingerprint density at radius 3 is 2.32 bits per heavy atom. The first kappa shape index (κ1) is 22.8. The van der Waals surface area contributed by atoms with Crippen LogP contribution in [0.4, 0.5) is 0 Å². The monoisotopic (exact) mass is 474 g/mol. The number of rotatable bonds is 5. The summed E-state index contributed by atoms with van der Waals surface area (Å²) in [5.41, 5.74) is 8.97. The van der Waals surface area contributed by atoms with E-state index in [1.54, 1.807) is 4.31 Å². The van der Waals surface area contributed by atoms with E-state index in [1.807, 2.05) is 18.2 Å². The second-order valence-electron chi connectivity index (χ2n) is 9.18. The molecule has 0 unspecified atom stereocenters. The molecule has 0 aliphatic carbocycles. The maximum Gasteiger partial charge on any atom is 0.211 e. The molecule has 0 bridgehead atoms. The van der Waals surface area contributed by atoms with Crippen LogP contribution in [0.15, 0.2) is 66.9 Å². The number of imidazole rings is 1. The van der Waals surface area contributed by atoms with Crippen molar-refractivity contribution in [3.05, 3.63) is 83.7 Å². The average molecular weight is 475 g/mol. The maximum atomic E-state index is 11.9. The molecule has 1 fully saturated rings. The molecule has 0 N–H and O–H groups in total. The third-order valence-electron chi connectivity index (χ3n) is 6.64. The Bertz CT molecular complexity index is 1440. The molecule has 1 saturated heterocycles. The minimum Gasteiger partial charge on any atom is -0.301 e. The highest BCUT2D eigenvalue weighted by Gasteiger charge is 2.25. The summed E-state index contributed by atoms with van der Waals surface area (Å²) < 4.78 is 27.7. The fourth-order valence-electron chi connectivity index (χ4n) is 4.71. The molecule has 1 aliphatic rings. The topological polar surface area (TPSA) is 57.9 Å². The summed E-state index contributed by atoms with van der Waals surface area (Å²) in [6, 6.07) is 21.1. The minimum absolute atomic E-state index is 0.518. The first-order valence-electron chi connectivity index (χ1n) is 11.6. The smallest absolute Gasteiger partial charge is 0.211 e. The zero-order chi connectivity index (χ0) is 23.9. The number of aryl methyl sites for hydroxylation is 2. The van der Waals surface area contributed by atoms with Gasteiger partial charge in [-0.1, -0.05) is 54.1 Å². The van der Waals surface area contributed by atoms with Gasteiger partial charge in [-0.05, 0) is 42.7 Å². The Hall–Kier alpha value is -3.00. The highest BCUT2D eigenvalue weighted by Crippen LogP contribution is 2.30. The summed E-state index contributed by atoms with van der Waals surface area (Å²) >= 11 is 0. The van der Waals surface area contributed by atoms with E-state index in [-0.39, 0.29) is 0 Å². The highest BCUT2D eigenvalue weighted by molar-refractivity contribution is 7.88. The second kappa shape index (κ2) is 8.98. The number of pyridine rings is 1. The summed E-state index contributed by atoms with van der Waals surface area (Å²) in [5, 5.41) is 0. The van der Waals surface area contributed by atoms with Gasteiger partial charge in [-0.25, -0.2) is 13.4 Å². The van der Waals surface area contributed by atoms with Crippen LogP contribution in [0.1, 0.15) is 16.8 Å². The molecule has 176 valence electrons. The Labute approximate surface area is 201 Å². The van der Waals surface area contributed by atoms with Crippen molar-refractivity contribution in [3.63, 3.8) is 0 Å². The Balaban J connectivity index is 1.57. The molecule has 0 spiro atoms. The predicted molar refractivity (Wildman–Crippen MR) is 137 cm³/mol. The lowest BCUT2D eigenvalue weighted by atomic mass is 10.00. The summed E-state index contributed by atoms with van der Waals surface area (Å²) in [5.74, 6) is 0. The molecule has 3 heterocycles. The fraction of sp³-hybridized carbons (Fsp3) is 0.296. The SMILES string of the molecule is Cc1ccc(C)c(-c2ccc3nc(-c4ccccc4)c(CN4CCN(S(C)(=O)=O)CC4)n3c2)c1. The van der Waals surface area contributed by atoms with Crippen LogP contribution >= 0.6 is 0 Å². The molecule has 4 aromatic rings. The number of aromatic nitrogens is 2. The van der Waals surface area contributed by atoms with Crippen LogP contribution < -0.4 is 0 Å². The van der Waals surface area contributed by atoms with Gasteiger partial charge in [-0.15, -0.1) is 0 Å². The van der Waals surface area contributed by atoms with E-state index in [2.05, 4.69) is 71.8 Å². The van der Waals surface area contributed by atoms with Crippen LogP contribution in [-0.2, 0) is 16.6 Å². The van der Waals surface area contributed by atoms with Crippen molar-refractivity contribution in [1.82, 2.24) is 18.6 Å². The van der Waals surface area contributed by atoms with E-state index >= 15 is 0 Å². The number of benzene rings is 2. The quantitative estimate of drug-likeness (QED) is 0.431.